The third-order valence-electron chi connectivity index (χ3n) is 4.02. The number of anilines is 1. The first kappa shape index (κ1) is 19.8. The van der Waals surface area contributed by atoms with Crippen molar-refractivity contribution in [3.05, 3.63) is 82.2 Å². The summed E-state index contributed by atoms with van der Waals surface area (Å²) in [5.74, 6) is -0.240. The number of benzene rings is 2. The van der Waals surface area contributed by atoms with Gasteiger partial charge in [-0.3, -0.25) is 10.1 Å². The fraction of sp³-hybridized carbons (Fsp3) is 0.100. The van der Waals surface area contributed by atoms with E-state index in [4.69, 9.17) is 0 Å². The van der Waals surface area contributed by atoms with E-state index in [0.717, 1.165) is 16.9 Å². The van der Waals surface area contributed by atoms with Crippen LogP contribution in [0.15, 0.2) is 64.9 Å². The van der Waals surface area contributed by atoms with Crippen molar-refractivity contribution in [3.63, 3.8) is 0 Å². The molecule has 1 heterocycles. The van der Waals surface area contributed by atoms with Crippen LogP contribution in [0.5, 0.6) is 0 Å². The van der Waals surface area contributed by atoms with Gasteiger partial charge in [-0.05, 0) is 36.9 Å². The predicted octanol–water partition coefficient (Wildman–Crippen LogP) is 4.11. The van der Waals surface area contributed by atoms with Crippen molar-refractivity contribution in [2.45, 2.75) is 18.7 Å². The lowest BCUT2D eigenvalue weighted by Crippen LogP contribution is -2.34. The molecular weight excluding hydrogens is 396 g/mol. The molecule has 6 nitrogen and oxygen atoms in total. The Balaban J connectivity index is 1.80. The Bertz CT molecular complexity index is 1120. The SMILES string of the molecule is Cc1ccc(S(=O)(=O)NC(=O)Nc2scc(C)c2C(=O)c2ccccc2)cc1. The van der Waals surface area contributed by atoms with E-state index in [2.05, 4.69) is 5.32 Å². The van der Waals surface area contributed by atoms with Gasteiger partial charge in [0.05, 0.1) is 10.5 Å². The van der Waals surface area contributed by atoms with E-state index in [1.165, 1.54) is 12.1 Å². The number of nitrogens with one attached hydrogen (secondary N) is 2. The van der Waals surface area contributed by atoms with E-state index in [-0.39, 0.29) is 10.7 Å². The Morgan fingerprint density at radius 1 is 0.929 bits per heavy atom. The Morgan fingerprint density at radius 3 is 2.21 bits per heavy atom. The van der Waals surface area contributed by atoms with E-state index in [1.807, 2.05) is 11.6 Å². The lowest BCUT2D eigenvalue weighted by Gasteiger charge is -2.10. The molecule has 0 aliphatic heterocycles. The number of carbonyl (C=O) groups excluding carboxylic acids is 2. The Morgan fingerprint density at radius 2 is 1.57 bits per heavy atom. The number of hydrogen-bond acceptors (Lipinski definition) is 5. The van der Waals surface area contributed by atoms with Crippen LogP contribution in [0.3, 0.4) is 0 Å². The van der Waals surface area contributed by atoms with Crippen LogP contribution < -0.4 is 10.0 Å². The van der Waals surface area contributed by atoms with Crippen LogP contribution in [0, 0.1) is 13.8 Å². The van der Waals surface area contributed by atoms with Crippen molar-refractivity contribution >= 4 is 38.2 Å². The van der Waals surface area contributed by atoms with Gasteiger partial charge in [0.1, 0.15) is 5.00 Å². The molecule has 3 rings (SSSR count). The molecule has 0 aliphatic rings. The standard InChI is InChI=1S/C20H18N2O4S2/c1-13-8-10-16(11-9-13)28(25,26)22-20(24)21-19-17(14(2)12-27-19)18(23)15-6-4-3-5-7-15/h3-12H,1-2H3,(H2,21,22,24). The summed E-state index contributed by atoms with van der Waals surface area (Å²) in [5.41, 5.74) is 2.44. The van der Waals surface area contributed by atoms with Crippen LogP contribution in [-0.4, -0.2) is 20.2 Å². The fourth-order valence-electron chi connectivity index (χ4n) is 2.58. The number of hydrogen-bond donors (Lipinski definition) is 2. The topological polar surface area (TPSA) is 92.3 Å². The molecule has 0 radical (unpaired) electrons. The minimum absolute atomic E-state index is 0.0174. The van der Waals surface area contributed by atoms with E-state index >= 15 is 0 Å². The maximum absolute atomic E-state index is 12.8. The van der Waals surface area contributed by atoms with Gasteiger partial charge in [0.15, 0.2) is 5.78 Å². The quantitative estimate of drug-likeness (QED) is 0.615. The van der Waals surface area contributed by atoms with Crippen LogP contribution in [0.25, 0.3) is 0 Å². The zero-order valence-electron chi connectivity index (χ0n) is 15.2. The molecule has 0 fully saturated rings. The molecule has 0 saturated heterocycles. The van der Waals surface area contributed by atoms with Crippen LogP contribution in [0.4, 0.5) is 9.80 Å². The van der Waals surface area contributed by atoms with Gasteiger partial charge in [-0.25, -0.2) is 17.9 Å². The molecule has 0 unspecified atom stereocenters. The van der Waals surface area contributed by atoms with Crippen LogP contribution in [0.2, 0.25) is 0 Å². The molecule has 0 bridgehead atoms. The maximum atomic E-state index is 12.8. The summed E-state index contributed by atoms with van der Waals surface area (Å²) in [7, 11) is -4.02. The van der Waals surface area contributed by atoms with Gasteiger partial charge < -0.3 is 0 Å². The van der Waals surface area contributed by atoms with Gasteiger partial charge in [0.2, 0.25) is 0 Å². The van der Waals surface area contributed by atoms with Gasteiger partial charge in [-0.15, -0.1) is 11.3 Å². The molecule has 144 valence electrons. The van der Waals surface area contributed by atoms with Gasteiger partial charge in [-0.1, -0.05) is 48.0 Å². The second-order valence-corrected chi connectivity index (χ2v) is 8.75. The van der Waals surface area contributed by atoms with Gasteiger partial charge in [-0.2, -0.15) is 0 Å². The molecule has 0 spiro atoms. The number of carbonyl (C=O) groups is 2. The van der Waals surface area contributed by atoms with E-state index in [9.17, 15) is 18.0 Å². The van der Waals surface area contributed by atoms with Crippen molar-refractivity contribution in [2.75, 3.05) is 5.32 Å². The zero-order chi connectivity index (χ0) is 20.3. The third kappa shape index (κ3) is 4.29. The first-order valence-corrected chi connectivity index (χ1v) is 10.7. The summed E-state index contributed by atoms with van der Waals surface area (Å²) >= 11 is 1.16. The molecular formula is C20H18N2O4S2. The molecule has 0 saturated carbocycles. The molecule has 3 aromatic rings. The average molecular weight is 415 g/mol. The summed E-state index contributed by atoms with van der Waals surface area (Å²) in [6, 6.07) is 13.9. The number of rotatable bonds is 5. The molecule has 28 heavy (non-hydrogen) atoms. The lowest BCUT2D eigenvalue weighted by atomic mass is 10.0. The van der Waals surface area contributed by atoms with Crippen molar-refractivity contribution in [3.8, 4) is 0 Å². The fourth-order valence-corrected chi connectivity index (χ4v) is 4.42. The van der Waals surface area contributed by atoms with Crippen molar-refractivity contribution in [1.82, 2.24) is 4.72 Å². The van der Waals surface area contributed by atoms with Crippen LogP contribution >= 0.6 is 11.3 Å². The molecule has 1 aromatic heterocycles. The number of ketones is 1. The smallest absolute Gasteiger partial charge is 0.298 e. The third-order valence-corrected chi connectivity index (χ3v) is 6.38. The average Bonchev–Trinajstić information content (AvgIpc) is 3.01. The summed E-state index contributed by atoms with van der Waals surface area (Å²) in [6.07, 6.45) is 0. The molecule has 2 N–H and O–H groups in total. The number of aryl methyl sites for hydroxylation is 2. The highest BCUT2D eigenvalue weighted by molar-refractivity contribution is 7.90. The molecule has 0 aliphatic carbocycles. The van der Waals surface area contributed by atoms with Crippen LogP contribution in [0.1, 0.15) is 27.0 Å². The number of thiophene rings is 1. The summed E-state index contributed by atoms with van der Waals surface area (Å²) in [4.78, 5) is 25.1. The zero-order valence-corrected chi connectivity index (χ0v) is 16.9. The molecule has 2 amide bonds. The van der Waals surface area contributed by atoms with Gasteiger partial charge >= 0.3 is 6.03 Å². The Hall–Kier alpha value is -2.97. The summed E-state index contributed by atoms with van der Waals surface area (Å²) < 4.78 is 26.7. The number of sulfonamides is 1. The number of urea groups is 1. The highest BCUT2D eigenvalue weighted by atomic mass is 32.2. The maximum Gasteiger partial charge on any atom is 0.333 e. The Labute approximate surface area is 167 Å². The van der Waals surface area contributed by atoms with Crippen molar-refractivity contribution in [2.24, 2.45) is 0 Å². The lowest BCUT2D eigenvalue weighted by molar-refractivity contribution is 0.103. The minimum Gasteiger partial charge on any atom is -0.298 e. The summed E-state index contributed by atoms with van der Waals surface area (Å²) in [6.45, 7) is 3.60. The predicted molar refractivity (Wildman–Crippen MR) is 109 cm³/mol. The minimum atomic E-state index is -4.02. The second kappa shape index (κ2) is 7.95. The normalized spacial score (nSPS) is 11.1. The molecule has 2 aromatic carbocycles. The number of amides is 2. The highest BCUT2D eigenvalue weighted by Gasteiger charge is 2.22. The highest BCUT2D eigenvalue weighted by Crippen LogP contribution is 2.30. The largest absolute Gasteiger partial charge is 0.333 e. The van der Waals surface area contributed by atoms with E-state index in [0.29, 0.717) is 21.7 Å². The first-order valence-electron chi connectivity index (χ1n) is 8.36. The van der Waals surface area contributed by atoms with E-state index < -0.39 is 16.1 Å². The monoisotopic (exact) mass is 414 g/mol. The molecule has 8 heteroatoms. The van der Waals surface area contributed by atoms with Gasteiger partial charge in [0.25, 0.3) is 10.0 Å². The van der Waals surface area contributed by atoms with Crippen molar-refractivity contribution < 1.29 is 18.0 Å². The summed E-state index contributed by atoms with van der Waals surface area (Å²) in [5, 5.41) is 4.52. The van der Waals surface area contributed by atoms with Gasteiger partial charge in [0, 0.05) is 5.56 Å². The molecule has 0 atom stereocenters. The van der Waals surface area contributed by atoms with E-state index in [1.54, 1.807) is 54.8 Å². The first-order chi connectivity index (χ1) is 13.3. The second-order valence-electron chi connectivity index (χ2n) is 6.19. The van der Waals surface area contributed by atoms with Crippen molar-refractivity contribution in [1.29, 1.82) is 0 Å². The van der Waals surface area contributed by atoms with Crippen LogP contribution in [-0.2, 0) is 10.0 Å². The Kier molecular flexibility index (Phi) is 5.62.